The zero-order valence-electron chi connectivity index (χ0n) is 16.6. The van der Waals surface area contributed by atoms with Crippen molar-refractivity contribution >= 4 is 17.7 Å². The van der Waals surface area contributed by atoms with Gasteiger partial charge >= 0.3 is 0 Å². The van der Waals surface area contributed by atoms with Gasteiger partial charge in [0.2, 0.25) is 0 Å². The van der Waals surface area contributed by atoms with Crippen LogP contribution in [0.4, 0.5) is 5.69 Å². The Hall–Kier alpha value is -3.58. The van der Waals surface area contributed by atoms with Crippen molar-refractivity contribution in [2.75, 3.05) is 5.32 Å². The lowest BCUT2D eigenvalue weighted by atomic mass is 10.1. The van der Waals surface area contributed by atoms with Gasteiger partial charge in [0.25, 0.3) is 5.91 Å². The summed E-state index contributed by atoms with van der Waals surface area (Å²) in [6.07, 6.45) is 1.65. The van der Waals surface area contributed by atoms with Crippen LogP contribution in [0.15, 0.2) is 60.2 Å². The van der Waals surface area contributed by atoms with Crippen molar-refractivity contribution < 1.29 is 4.79 Å². The van der Waals surface area contributed by atoms with Crippen molar-refractivity contribution in [2.24, 2.45) is 0 Å². The lowest BCUT2D eigenvalue weighted by Gasteiger charge is -2.10. The minimum atomic E-state index is -0.410. The fourth-order valence-corrected chi connectivity index (χ4v) is 3.24. The molecule has 0 fully saturated rings. The second kappa shape index (κ2) is 7.98. The standard InChI is InChI=1S/C24H23N3O/c1-16-8-10-22(11-9-16)26-24(28)21(15-25)14-20-13-18(3)27(19(20)4)23-7-5-6-17(2)12-23/h5-14H,1-4H3,(H,26,28)/b21-14-. The molecule has 0 saturated carbocycles. The van der Waals surface area contributed by atoms with Gasteiger partial charge in [0, 0.05) is 22.8 Å². The summed E-state index contributed by atoms with van der Waals surface area (Å²) in [5.74, 6) is -0.410. The number of nitrogens with zero attached hydrogens (tertiary/aromatic N) is 2. The fourth-order valence-electron chi connectivity index (χ4n) is 3.24. The number of aryl methyl sites for hydroxylation is 3. The van der Waals surface area contributed by atoms with E-state index in [0.29, 0.717) is 5.69 Å². The lowest BCUT2D eigenvalue weighted by molar-refractivity contribution is -0.112. The number of carbonyl (C=O) groups excluding carboxylic acids is 1. The van der Waals surface area contributed by atoms with E-state index in [0.717, 1.165) is 28.2 Å². The van der Waals surface area contributed by atoms with Crippen LogP contribution in [-0.2, 0) is 4.79 Å². The molecule has 0 aliphatic heterocycles. The Morgan fingerprint density at radius 2 is 1.71 bits per heavy atom. The molecule has 0 aliphatic rings. The lowest BCUT2D eigenvalue weighted by Crippen LogP contribution is -2.13. The Kier molecular flexibility index (Phi) is 5.47. The molecule has 3 rings (SSSR count). The molecule has 0 radical (unpaired) electrons. The van der Waals surface area contributed by atoms with Crippen LogP contribution >= 0.6 is 0 Å². The summed E-state index contributed by atoms with van der Waals surface area (Å²) in [6.45, 7) is 8.05. The van der Waals surface area contributed by atoms with Crippen LogP contribution in [0.5, 0.6) is 0 Å². The molecule has 1 N–H and O–H groups in total. The van der Waals surface area contributed by atoms with Crippen molar-refractivity contribution in [3.63, 3.8) is 0 Å². The first-order valence-corrected chi connectivity index (χ1v) is 9.15. The number of nitrogens with one attached hydrogen (secondary N) is 1. The van der Waals surface area contributed by atoms with Crippen molar-refractivity contribution in [3.05, 3.63) is 88.2 Å². The van der Waals surface area contributed by atoms with E-state index in [1.54, 1.807) is 6.08 Å². The molecule has 1 aromatic heterocycles. The molecule has 0 atom stereocenters. The number of aromatic nitrogens is 1. The number of hydrogen-bond acceptors (Lipinski definition) is 2. The molecule has 140 valence electrons. The van der Waals surface area contributed by atoms with Crippen LogP contribution < -0.4 is 5.32 Å². The van der Waals surface area contributed by atoms with Crippen LogP contribution in [0.1, 0.15) is 28.1 Å². The number of carbonyl (C=O) groups is 1. The number of nitriles is 1. The topological polar surface area (TPSA) is 57.8 Å². The third-order valence-corrected chi connectivity index (χ3v) is 4.70. The van der Waals surface area contributed by atoms with Crippen molar-refractivity contribution in [2.45, 2.75) is 27.7 Å². The molecule has 0 unspecified atom stereocenters. The zero-order valence-corrected chi connectivity index (χ0v) is 16.6. The quantitative estimate of drug-likeness (QED) is 0.504. The molecule has 0 aliphatic carbocycles. The van der Waals surface area contributed by atoms with Crippen molar-refractivity contribution in [3.8, 4) is 11.8 Å². The minimum Gasteiger partial charge on any atom is -0.321 e. The molecule has 0 bridgehead atoms. The van der Waals surface area contributed by atoms with E-state index in [-0.39, 0.29) is 5.57 Å². The molecule has 3 aromatic rings. The van der Waals surface area contributed by atoms with E-state index < -0.39 is 5.91 Å². The Morgan fingerprint density at radius 1 is 1.00 bits per heavy atom. The van der Waals surface area contributed by atoms with E-state index in [1.165, 1.54) is 5.56 Å². The molecule has 4 heteroatoms. The second-order valence-corrected chi connectivity index (χ2v) is 6.99. The largest absolute Gasteiger partial charge is 0.321 e. The maximum absolute atomic E-state index is 12.5. The normalized spacial score (nSPS) is 11.2. The van der Waals surface area contributed by atoms with E-state index in [4.69, 9.17) is 0 Å². The summed E-state index contributed by atoms with van der Waals surface area (Å²) in [6, 6.07) is 19.8. The predicted octanol–water partition coefficient (Wildman–Crippen LogP) is 5.26. The van der Waals surface area contributed by atoms with Crippen molar-refractivity contribution in [1.82, 2.24) is 4.57 Å². The summed E-state index contributed by atoms with van der Waals surface area (Å²) in [5, 5.41) is 12.3. The van der Waals surface area contributed by atoms with Gasteiger partial charge in [-0.05, 0) is 75.2 Å². The molecule has 0 spiro atoms. The highest BCUT2D eigenvalue weighted by Crippen LogP contribution is 2.23. The predicted molar refractivity (Wildman–Crippen MR) is 113 cm³/mol. The van der Waals surface area contributed by atoms with Gasteiger partial charge in [0.05, 0.1) is 0 Å². The summed E-state index contributed by atoms with van der Waals surface area (Å²) in [4.78, 5) is 12.5. The molecule has 2 aromatic carbocycles. The molecule has 1 heterocycles. The van der Waals surface area contributed by atoms with Gasteiger partial charge in [0.1, 0.15) is 11.6 Å². The highest BCUT2D eigenvalue weighted by Gasteiger charge is 2.14. The summed E-state index contributed by atoms with van der Waals surface area (Å²) >= 11 is 0. The van der Waals surface area contributed by atoms with E-state index in [9.17, 15) is 10.1 Å². The van der Waals surface area contributed by atoms with Gasteiger partial charge in [-0.1, -0.05) is 29.8 Å². The number of benzene rings is 2. The molecule has 1 amide bonds. The third kappa shape index (κ3) is 4.05. The SMILES string of the molecule is Cc1ccc(NC(=O)/C(C#N)=C\c2cc(C)n(-c3cccc(C)c3)c2C)cc1. The maximum Gasteiger partial charge on any atom is 0.266 e. The van der Waals surface area contributed by atoms with Crippen LogP contribution in [0.25, 0.3) is 11.8 Å². The van der Waals surface area contributed by atoms with Gasteiger partial charge in [-0.25, -0.2) is 0 Å². The number of rotatable bonds is 4. The van der Waals surface area contributed by atoms with E-state index in [2.05, 4.69) is 35.0 Å². The minimum absolute atomic E-state index is 0.0741. The van der Waals surface area contributed by atoms with Crippen LogP contribution in [0.2, 0.25) is 0 Å². The van der Waals surface area contributed by atoms with E-state index >= 15 is 0 Å². The monoisotopic (exact) mass is 369 g/mol. The van der Waals surface area contributed by atoms with Gasteiger partial charge in [-0.15, -0.1) is 0 Å². The smallest absolute Gasteiger partial charge is 0.266 e. The summed E-state index contributed by atoms with van der Waals surface area (Å²) in [7, 11) is 0. The Balaban J connectivity index is 1.93. The van der Waals surface area contributed by atoms with Gasteiger partial charge in [-0.3, -0.25) is 4.79 Å². The van der Waals surface area contributed by atoms with Gasteiger partial charge in [0.15, 0.2) is 0 Å². The van der Waals surface area contributed by atoms with Gasteiger partial charge < -0.3 is 9.88 Å². The Labute approximate surface area is 165 Å². The highest BCUT2D eigenvalue weighted by molar-refractivity contribution is 6.09. The summed E-state index contributed by atoms with van der Waals surface area (Å²) in [5.41, 5.74) is 6.98. The fraction of sp³-hybridized carbons (Fsp3) is 0.167. The molecular weight excluding hydrogens is 346 g/mol. The second-order valence-electron chi connectivity index (χ2n) is 6.99. The highest BCUT2D eigenvalue weighted by atomic mass is 16.1. The first-order valence-electron chi connectivity index (χ1n) is 9.15. The Bertz CT molecular complexity index is 1100. The van der Waals surface area contributed by atoms with Crippen LogP contribution in [0.3, 0.4) is 0 Å². The molecule has 4 nitrogen and oxygen atoms in total. The summed E-state index contributed by atoms with van der Waals surface area (Å²) < 4.78 is 2.13. The van der Waals surface area contributed by atoms with Crippen molar-refractivity contribution in [1.29, 1.82) is 5.26 Å². The Morgan fingerprint density at radius 3 is 2.36 bits per heavy atom. The molecular formula is C24H23N3O. The maximum atomic E-state index is 12.5. The molecule has 28 heavy (non-hydrogen) atoms. The zero-order chi connectivity index (χ0) is 20.3. The average Bonchev–Trinajstić information content (AvgIpc) is 2.94. The first kappa shape index (κ1) is 19.2. The number of anilines is 1. The van der Waals surface area contributed by atoms with Crippen LogP contribution in [0, 0.1) is 39.0 Å². The average molecular weight is 369 g/mol. The first-order chi connectivity index (χ1) is 13.4. The number of hydrogen-bond donors (Lipinski definition) is 1. The van der Waals surface area contributed by atoms with Crippen LogP contribution in [-0.4, -0.2) is 10.5 Å². The molecule has 0 saturated heterocycles. The number of amides is 1. The third-order valence-electron chi connectivity index (χ3n) is 4.70. The van der Waals surface area contributed by atoms with E-state index in [1.807, 2.05) is 63.2 Å². The van der Waals surface area contributed by atoms with Gasteiger partial charge in [-0.2, -0.15) is 5.26 Å².